The van der Waals surface area contributed by atoms with E-state index in [1.54, 1.807) is 18.2 Å². The summed E-state index contributed by atoms with van der Waals surface area (Å²) in [5, 5.41) is 12.2. The van der Waals surface area contributed by atoms with Crippen LogP contribution in [-0.2, 0) is 22.6 Å². The fraction of sp³-hybridized carbons (Fsp3) is 0.412. The summed E-state index contributed by atoms with van der Waals surface area (Å²) in [5.41, 5.74) is 5.78. The zero-order valence-electron chi connectivity index (χ0n) is 15.0. The number of hydrogen-bond acceptors (Lipinski definition) is 5. The summed E-state index contributed by atoms with van der Waals surface area (Å²) in [5.74, 6) is 0.652. The van der Waals surface area contributed by atoms with E-state index in [-0.39, 0.29) is 24.0 Å². The Hall–Kier alpha value is -1.58. The standard InChI is InChI=1S/C17H21BrClN5O2S/c1-10(2)8-24-15(6-5-14(20)25)22-23-17(24)27-9-16(26)21-13-4-3-11(18)7-12(13)19/h3-4,7,10H,5-6,8-9H2,1-2H3,(H2,20,25)(H,21,26). The maximum absolute atomic E-state index is 12.3. The van der Waals surface area contributed by atoms with Crippen LogP contribution in [0.4, 0.5) is 5.69 Å². The van der Waals surface area contributed by atoms with Crippen LogP contribution in [0.15, 0.2) is 27.8 Å². The minimum atomic E-state index is -0.381. The lowest BCUT2D eigenvalue weighted by Crippen LogP contribution is -2.17. The van der Waals surface area contributed by atoms with Crippen molar-refractivity contribution in [2.45, 2.75) is 38.4 Å². The second-order valence-electron chi connectivity index (χ2n) is 6.33. The Kier molecular flexibility index (Phi) is 8.12. The highest BCUT2D eigenvalue weighted by molar-refractivity contribution is 9.10. The number of carbonyl (C=O) groups is 2. The van der Waals surface area contributed by atoms with E-state index >= 15 is 0 Å². The number of rotatable bonds is 9. The van der Waals surface area contributed by atoms with Crippen molar-refractivity contribution in [3.05, 3.63) is 33.5 Å². The minimum Gasteiger partial charge on any atom is -0.370 e. The van der Waals surface area contributed by atoms with E-state index in [9.17, 15) is 9.59 Å². The Morgan fingerprint density at radius 1 is 1.37 bits per heavy atom. The number of halogens is 2. The molecule has 0 unspecified atom stereocenters. The van der Waals surface area contributed by atoms with Gasteiger partial charge in [-0.1, -0.05) is 53.1 Å². The highest BCUT2D eigenvalue weighted by atomic mass is 79.9. The maximum atomic E-state index is 12.3. The van der Waals surface area contributed by atoms with Gasteiger partial charge in [0.15, 0.2) is 5.16 Å². The number of benzene rings is 1. The van der Waals surface area contributed by atoms with E-state index in [2.05, 4.69) is 45.3 Å². The molecule has 0 atom stereocenters. The highest BCUT2D eigenvalue weighted by Crippen LogP contribution is 2.26. The molecule has 10 heteroatoms. The van der Waals surface area contributed by atoms with Crippen LogP contribution < -0.4 is 11.1 Å². The van der Waals surface area contributed by atoms with Gasteiger partial charge in [-0.3, -0.25) is 9.59 Å². The van der Waals surface area contributed by atoms with Crippen LogP contribution in [0.3, 0.4) is 0 Å². The average molecular weight is 475 g/mol. The van der Waals surface area contributed by atoms with Crippen LogP contribution in [-0.4, -0.2) is 32.3 Å². The molecular formula is C17H21BrClN5O2S. The molecule has 146 valence electrons. The topological polar surface area (TPSA) is 103 Å². The summed E-state index contributed by atoms with van der Waals surface area (Å²) < 4.78 is 2.78. The third-order valence-corrected chi connectivity index (χ3v) is 5.25. The number of thioether (sulfide) groups is 1. The Morgan fingerprint density at radius 3 is 2.74 bits per heavy atom. The van der Waals surface area contributed by atoms with Crippen LogP contribution in [0.2, 0.25) is 5.02 Å². The molecule has 1 aromatic heterocycles. The van der Waals surface area contributed by atoms with Gasteiger partial charge >= 0.3 is 0 Å². The fourth-order valence-electron chi connectivity index (χ4n) is 2.30. The molecule has 27 heavy (non-hydrogen) atoms. The largest absolute Gasteiger partial charge is 0.370 e. The van der Waals surface area contributed by atoms with E-state index < -0.39 is 0 Å². The molecule has 0 aliphatic carbocycles. The number of aromatic nitrogens is 3. The van der Waals surface area contributed by atoms with Crippen LogP contribution in [0.5, 0.6) is 0 Å². The summed E-state index contributed by atoms with van der Waals surface area (Å²) in [6.45, 7) is 4.85. The molecule has 2 rings (SSSR count). The van der Waals surface area contributed by atoms with Gasteiger partial charge in [-0.2, -0.15) is 0 Å². The third-order valence-electron chi connectivity index (χ3n) is 3.47. The smallest absolute Gasteiger partial charge is 0.234 e. The Morgan fingerprint density at radius 2 is 2.11 bits per heavy atom. The van der Waals surface area contributed by atoms with Gasteiger partial charge in [-0.15, -0.1) is 10.2 Å². The molecule has 0 radical (unpaired) electrons. The Bertz CT molecular complexity index is 828. The van der Waals surface area contributed by atoms with Crippen molar-refractivity contribution >= 4 is 56.8 Å². The van der Waals surface area contributed by atoms with E-state index in [0.717, 1.165) is 4.47 Å². The molecule has 0 spiro atoms. The van der Waals surface area contributed by atoms with Gasteiger partial charge in [0, 0.05) is 23.9 Å². The monoisotopic (exact) mass is 473 g/mol. The maximum Gasteiger partial charge on any atom is 0.234 e. The first kappa shape index (κ1) is 21.7. The molecule has 3 N–H and O–H groups in total. The van der Waals surface area contributed by atoms with Gasteiger partial charge in [0.1, 0.15) is 5.82 Å². The number of anilines is 1. The predicted octanol–water partition coefficient (Wildman–Crippen LogP) is 3.50. The van der Waals surface area contributed by atoms with Crippen molar-refractivity contribution in [1.82, 2.24) is 14.8 Å². The van der Waals surface area contributed by atoms with Gasteiger partial charge in [0.2, 0.25) is 11.8 Å². The summed E-state index contributed by atoms with van der Waals surface area (Å²) in [6.07, 6.45) is 0.639. The molecule has 7 nitrogen and oxygen atoms in total. The molecule has 2 amide bonds. The van der Waals surface area contributed by atoms with Gasteiger partial charge in [-0.05, 0) is 24.1 Å². The number of hydrogen-bond donors (Lipinski definition) is 2. The molecule has 2 aromatic rings. The normalized spacial score (nSPS) is 11.0. The number of primary amides is 1. The zero-order valence-corrected chi connectivity index (χ0v) is 18.2. The molecule has 0 fully saturated rings. The molecule has 0 aliphatic heterocycles. The molecule has 0 saturated carbocycles. The molecular weight excluding hydrogens is 454 g/mol. The number of nitrogens with one attached hydrogen (secondary N) is 1. The van der Waals surface area contributed by atoms with Crippen LogP contribution in [0, 0.1) is 5.92 Å². The van der Waals surface area contributed by atoms with E-state index in [4.69, 9.17) is 17.3 Å². The fourth-order valence-corrected chi connectivity index (χ4v) is 3.79. The second kappa shape index (κ2) is 10.1. The summed E-state index contributed by atoms with van der Waals surface area (Å²) >= 11 is 10.7. The molecule has 1 heterocycles. The summed E-state index contributed by atoms with van der Waals surface area (Å²) in [6, 6.07) is 5.26. The minimum absolute atomic E-state index is 0.165. The predicted molar refractivity (Wildman–Crippen MR) is 111 cm³/mol. The second-order valence-corrected chi connectivity index (χ2v) is 8.60. The van der Waals surface area contributed by atoms with Crippen molar-refractivity contribution in [3.8, 4) is 0 Å². The van der Waals surface area contributed by atoms with Crippen molar-refractivity contribution in [1.29, 1.82) is 0 Å². The lowest BCUT2D eigenvalue weighted by Gasteiger charge is -2.12. The van der Waals surface area contributed by atoms with E-state index in [1.165, 1.54) is 11.8 Å². The van der Waals surface area contributed by atoms with E-state index in [0.29, 0.717) is 40.6 Å². The van der Waals surface area contributed by atoms with Crippen LogP contribution in [0.25, 0.3) is 0 Å². The number of nitrogens with zero attached hydrogens (tertiary/aromatic N) is 3. The van der Waals surface area contributed by atoms with Crippen LogP contribution >= 0.6 is 39.3 Å². The number of aryl methyl sites for hydroxylation is 1. The van der Waals surface area contributed by atoms with Crippen LogP contribution in [0.1, 0.15) is 26.1 Å². The molecule has 0 bridgehead atoms. The van der Waals surface area contributed by atoms with Crippen molar-refractivity contribution < 1.29 is 9.59 Å². The summed E-state index contributed by atoms with van der Waals surface area (Å²) in [4.78, 5) is 23.3. The SMILES string of the molecule is CC(C)Cn1c(CCC(N)=O)nnc1SCC(=O)Nc1ccc(Br)cc1Cl. The molecule has 1 aromatic carbocycles. The quantitative estimate of drug-likeness (QED) is 0.541. The Labute approximate surface area is 175 Å². The lowest BCUT2D eigenvalue weighted by molar-refractivity contribution is -0.118. The first-order valence-electron chi connectivity index (χ1n) is 8.34. The first-order chi connectivity index (χ1) is 12.8. The molecule has 0 saturated heterocycles. The first-order valence-corrected chi connectivity index (χ1v) is 10.5. The van der Waals surface area contributed by atoms with Gasteiger partial charge in [0.25, 0.3) is 0 Å². The van der Waals surface area contributed by atoms with Gasteiger partial charge < -0.3 is 15.6 Å². The zero-order chi connectivity index (χ0) is 20.0. The third kappa shape index (κ3) is 6.82. The number of nitrogens with two attached hydrogens (primary N) is 1. The summed E-state index contributed by atoms with van der Waals surface area (Å²) in [7, 11) is 0. The van der Waals surface area contributed by atoms with Crippen molar-refractivity contribution in [3.63, 3.8) is 0 Å². The van der Waals surface area contributed by atoms with Crippen molar-refractivity contribution in [2.75, 3.05) is 11.1 Å². The lowest BCUT2D eigenvalue weighted by atomic mass is 10.2. The Balaban J connectivity index is 2.03. The van der Waals surface area contributed by atoms with Crippen molar-refractivity contribution in [2.24, 2.45) is 11.7 Å². The van der Waals surface area contributed by atoms with Gasteiger partial charge in [0.05, 0.1) is 16.5 Å². The number of amides is 2. The van der Waals surface area contributed by atoms with Gasteiger partial charge in [-0.25, -0.2) is 0 Å². The number of carbonyl (C=O) groups excluding carboxylic acids is 2. The van der Waals surface area contributed by atoms with E-state index in [1.807, 2.05) is 4.57 Å². The highest BCUT2D eigenvalue weighted by Gasteiger charge is 2.16. The molecule has 0 aliphatic rings. The average Bonchev–Trinajstić information content (AvgIpc) is 2.95.